The summed E-state index contributed by atoms with van der Waals surface area (Å²) in [5.41, 5.74) is -1.88. The molecule has 10 heteroatoms. The summed E-state index contributed by atoms with van der Waals surface area (Å²) in [4.78, 5) is 47.9. The van der Waals surface area contributed by atoms with Crippen LogP contribution in [0.3, 0.4) is 0 Å². The molecule has 4 saturated heterocycles. The molecule has 0 aliphatic carbocycles. The maximum absolute atomic E-state index is 14.5. The van der Waals surface area contributed by atoms with Crippen LogP contribution in [0, 0.1) is 11.8 Å². The maximum atomic E-state index is 14.5. The molecule has 0 radical (unpaired) electrons. The zero-order chi connectivity index (χ0) is 28.8. The maximum Gasteiger partial charge on any atom is 0.312 e. The molecular weight excluding hydrogens is 514 g/mol. The van der Waals surface area contributed by atoms with Gasteiger partial charge in [0.05, 0.1) is 31.3 Å². The summed E-state index contributed by atoms with van der Waals surface area (Å²) in [6.07, 6.45) is 7.66. The molecule has 224 valence electrons. The van der Waals surface area contributed by atoms with Crippen molar-refractivity contribution in [2.24, 2.45) is 11.8 Å². The summed E-state index contributed by atoms with van der Waals surface area (Å²) in [6, 6.07) is -0.817. The van der Waals surface area contributed by atoms with Crippen molar-refractivity contribution in [3.05, 3.63) is 25.3 Å². The number of hydrogen-bond donors (Lipinski definition) is 1. The van der Waals surface area contributed by atoms with Gasteiger partial charge in [-0.05, 0) is 44.9 Å². The van der Waals surface area contributed by atoms with E-state index in [1.54, 1.807) is 22.0 Å². The first-order chi connectivity index (χ1) is 19.4. The second kappa shape index (κ2) is 13.6. The Morgan fingerprint density at radius 3 is 2.60 bits per heavy atom. The number of hydrogen-bond acceptors (Lipinski definition) is 8. The predicted molar refractivity (Wildman–Crippen MR) is 149 cm³/mol. The summed E-state index contributed by atoms with van der Waals surface area (Å²) in [5, 5.41) is 9.26. The van der Waals surface area contributed by atoms with Crippen LogP contribution in [0.2, 0.25) is 0 Å². The lowest BCUT2D eigenvalue weighted by Gasteiger charge is -2.37. The number of amides is 2. The van der Waals surface area contributed by atoms with Crippen molar-refractivity contribution in [2.45, 2.75) is 69.1 Å². The highest BCUT2D eigenvalue weighted by Crippen LogP contribution is 2.64. The van der Waals surface area contributed by atoms with Crippen molar-refractivity contribution in [1.29, 1.82) is 0 Å². The summed E-state index contributed by atoms with van der Waals surface area (Å²) in [7, 11) is 0. The minimum Gasteiger partial charge on any atom is -0.465 e. The van der Waals surface area contributed by atoms with E-state index in [-0.39, 0.29) is 25.0 Å². The largest absolute Gasteiger partial charge is 0.465 e. The Morgan fingerprint density at radius 2 is 1.93 bits per heavy atom. The number of unbranched alkanes of at least 4 members (excludes halogenated alkanes) is 2. The third kappa shape index (κ3) is 5.73. The van der Waals surface area contributed by atoms with Crippen LogP contribution in [0.25, 0.3) is 0 Å². The van der Waals surface area contributed by atoms with Gasteiger partial charge in [0.15, 0.2) is 0 Å². The smallest absolute Gasteiger partial charge is 0.312 e. The van der Waals surface area contributed by atoms with Gasteiger partial charge < -0.3 is 29.1 Å². The Labute approximate surface area is 238 Å². The van der Waals surface area contributed by atoms with Crippen LogP contribution in [0.15, 0.2) is 25.3 Å². The molecule has 4 aliphatic rings. The van der Waals surface area contributed by atoms with Crippen molar-refractivity contribution in [3.8, 4) is 0 Å². The molecule has 10 nitrogen and oxygen atoms in total. The van der Waals surface area contributed by atoms with Crippen LogP contribution in [0.1, 0.15) is 51.9 Å². The average molecular weight is 562 g/mol. The van der Waals surface area contributed by atoms with Crippen molar-refractivity contribution < 1.29 is 33.7 Å². The van der Waals surface area contributed by atoms with Crippen molar-refractivity contribution in [3.63, 3.8) is 0 Å². The third-order valence-corrected chi connectivity index (χ3v) is 9.24. The lowest BCUT2D eigenvalue weighted by Crippen LogP contribution is -2.57. The van der Waals surface area contributed by atoms with Crippen LogP contribution in [0.5, 0.6) is 0 Å². The molecule has 2 bridgehead atoms. The minimum atomic E-state index is -1.07. The van der Waals surface area contributed by atoms with Gasteiger partial charge >= 0.3 is 5.97 Å². The summed E-state index contributed by atoms with van der Waals surface area (Å²) in [6.45, 7) is 14.8. The van der Waals surface area contributed by atoms with Crippen molar-refractivity contribution >= 4 is 17.8 Å². The first-order valence-corrected chi connectivity index (χ1v) is 15.0. The number of likely N-dealkylation sites (tertiary alicyclic amines) is 1. The first kappa shape index (κ1) is 30.7. The Bertz CT molecular complexity index is 938. The third-order valence-electron chi connectivity index (χ3n) is 9.24. The summed E-state index contributed by atoms with van der Waals surface area (Å²) in [5.74, 6) is -2.28. The second-order valence-corrected chi connectivity index (χ2v) is 11.4. The SMILES string of the molecule is C=CCCOC(=O)[C@H]1[C@H]2C(=O)N(CCCCCO)C(C(=O)N(CC=C)CCN3CCOCC3)C23CC[C@]1(CC)O3. The molecule has 1 N–H and O–H groups in total. The van der Waals surface area contributed by atoms with E-state index < -0.39 is 35.0 Å². The Kier molecular flexibility index (Phi) is 10.4. The molecule has 2 unspecified atom stereocenters. The number of esters is 1. The van der Waals surface area contributed by atoms with E-state index >= 15 is 0 Å². The van der Waals surface area contributed by atoms with E-state index in [4.69, 9.17) is 14.2 Å². The molecule has 5 atom stereocenters. The van der Waals surface area contributed by atoms with Gasteiger partial charge in [-0.3, -0.25) is 19.3 Å². The van der Waals surface area contributed by atoms with Crippen molar-refractivity contribution in [2.75, 3.05) is 65.7 Å². The lowest BCUT2D eigenvalue weighted by atomic mass is 9.65. The molecule has 0 aromatic carbocycles. The fraction of sp³-hybridized carbons (Fsp3) is 0.767. The van der Waals surface area contributed by atoms with E-state index in [1.807, 2.05) is 6.92 Å². The number of fused-ring (bicyclic) bond motifs is 1. The predicted octanol–water partition coefficient (Wildman–Crippen LogP) is 1.77. The molecule has 4 aliphatic heterocycles. The Hall–Kier alpha value is -2.27. The number of aliphatic hydroxyl groups is 1. The van der Waals surface area contributed by atoms with Gasteiger partial charge in [0, 0.05) is 45.9 Å². The monoisotopic (exact) mass is 561 g/mol. The molecule has 4 heterocycles. The molecule has 40 heavy (non-hydrogen) atoms. The highest BCUT2D eigenvalue weighted by molar-refractivity contribution is 5.98. The van der Waals surface area contributed by atoms with Crippen LogP contribution < -0.4 is 0 Å². The van der Waals surface area contributed by atoms with Gasteiger partial charge in [0.25, 0.3) is 0 Å². The molecule has 4 fully saturated rings. The number of morpholine rings is 1. The first-order valence-electron chi connectivity index (χ1n) is 15.0. The second-order valence-electron chi connectivity index (χ2n) is 11.4. The van der Waals surface area contributed by atoms with E-state index in [1.165, 1.54) is 0 Å². The zero-order valence-corrected chi connectivity index (χ0v) is 24.1. The average Bonchev–Trinajstić information content (AvgIpc) is 3.57. The van der Waals surface area contributed by atoms with E-state index in [9.17, 15) is 19.5 Å². The number of carbonyl (C=O) groups excluding carboxylic acids is 3. The quantitative estimate of drug-likeness (QED) is 0.173. The number of carbonyl (C=O) groups is 3. The normalized spacial score (nSPS) is 31.3. The number of aliphatic hydroxyl groups excluding tert-OH is 1. The van der Waals surface area contributed by atoms with Crippen molar-refractivity contribution in [1.82, 2.24) is 14.7 Å². The topological polar surface area (TPSA) is 109 Å². The molecule has 4 rings (SSSR count). The highest BCUT2D eigenvalue weighted by Gasteiger charge is 2.79. The Morgan fingerprint density at radius 1 is 1.15 bits per heavy atom. The van der Waals surface area contributed by atoms with Crippen LogP contribution in [-0.2, 0) is 28.6 Å². The minimum absolute atomic E-state index is 0.0816. The fourth-order valence-electron chi connectivity index (χ4n) is 7.21. The Balaban J connectivity index is 1.64. The molecule has 0 aromatic heterocycles. The lowest BCUT2D eigenvalue weighted by molar-refractivity contribution is -0.162. The van der Waals surface area contributed by atoms with Crippen LogP contribution in [-0.4, -0.2) is 121 Å². The van der Waals surface area contributed by atoms with E-state index in [2.05, 4.69) is 18.1 Å². The molecular formula is C30H47N3O7. The highest BCUT2D eigenvalue weighted by atomic mass is 16.6. The van der Waals surface area contributed by atoms with Crippen LogP contribution in [0.4, 0.5) is 0 Å². The van der Waals surface area contributed by atoms with Gasteiger partial charge in [-0.15, -0.1) is 13.2 Å². The molecule has 1 spiro atoms. The number of ether oxygens (including phenoxy) is 3. The van der Waals surface area contributed by atoms with Gasteiger partial charge in [-0.1, -0.05) is 19.1 Å². The molecule has 0 aromatic rings. The zero-order valence-electron chi connectivity index (χ0n) is 24.1. The van der Waals surface area contributed by atoms with Gasteiger partial charge in [-0.2, -0.15) is 0 Å². The fourth-order valence-corrected chi connectivity index (χ4v) is 7.21. The summed E-state index contributed by atoms with van der Waals surface area (Å²) >= 11 is 0. The number of rotatable bonds is 16. The van der Waals surface area contributed by atoms with Crippen LogP contribution >= 0.6 is 0 Å². The molecule has 2 amide bonds. The summed E-state index contributed by atoms with van der Waals surface area (Å²) < 4.78 is 17.9. The number of nitrogens with zero attached hydrogens (tertiary/aromatic N) is 3. The van der Waals surface area contributed by atoms with Gasteiger partial charge in [0.2, 0.25) is 11.8 Å². The van der Waals surface area contributed by atoms with E-state index in [0.29, 0.717) is 77.9 Å². The molecule has 0 saturated carbocycles. The van der Waals surface area contributed by atoms with Gasteiger partial charge in [-0.25, -0.2) is 0 Å². The van der Waals surface area contributed by atoms with E-state index in [0.717, 1.165) is 19.5 Å². The standard InChI is InChI=1S/C30H47N3O7/c1-4-7-20-39-28(37)24-23-26(35)33(14-9-8-10-19-34)25(30(23)12-11-29(24,6-3)40-30)27(36)32(13-5-2)16-15-31-17-21-38-22-18-31/h4-5,23-25,34H,1-2,6-22H2,3H3/t23-,24+,25?,29-,30?/m0/s1. The van der Waals surface area contributed by atoms with Gasteiger partial charge in [0.1, 0.15) is 17.6 Å².